The van der Waals surface area contributed by atoms with Crippen LogP contribution in [-0.2, 0) is 0 Å². The molecule has 3 aromatic rings. The number of rotatable bonds is 3. The highest BCUT2D eigenvalue weighted by Gasteiger charge is 2.32. The highest BCUT2D eigenvalue weighted by Crippen LogP contribution is 2.32. The van der Waals surface area contributed by atoms with Crippen LogP contribution in [0.3, 0.4) is 0 Å². The lowest BCUT2D eigenvalue weighted by atomic mass is 10.1. The molecular formula is C17H13N4O2. The van der Waals surface area contributed by atoms with E-state index in [4.69, 9.17) is 5.73 Å². The van der Waals surface area contributed by atoms with Crippen LogP contribution >= 0.6 is 0 Å². The van der Waals surface area contributed by atoms with Crippen molar-refractivity contribution < 1.29 is 9.59 Å². The molecule has 0 spiro atoms. The lowest BCUT2D eigenvalue weighted by Crippen LogP contribution is -2.16. The summed E-state index contributed by atoms with van der Waals surface area (Å²) in [5.74, 6) is -0.726. The van der Waals surface area contributed by atoms with Gasteiger partial charge in [0.2, 0.25) is 0 Å². The van der Waals surface area contributed by atoms with Gasteiger partial charge in [-0.15, -0.1) is 0 Å². The van der Waals surface area contributed by atoms with Crippen LogP contribution in [0.1, 0.15) is 28.1 Å². The maximum Gasteiger partial charge on any atom is 0.268 e. The summed E-state index contributed by atoms with van der Waals surface area (Å²) >= 11 is 0. The Bertz CT molecular complexity index is 926. The van der Waals surface area contributed by atoms with E-state index >= 15 is 0 Å². The second-order valence-electron chi connectivity index (χ2n) is 5.62. The van der Waals surface area contributed by atoms with Crippen molar-refractivity contribution in [2.24, 2.45) is 11.7 Å². The van der Waals surface area contributed by atoms with E-state index in [0.717, 1.165) is 18.4 Å². The Morgan fingerprint density at radius 2 is 1.96 bits per heavy atom. The van der Waals surface area contributed by atoms with E-state index in [1.54, 1.807) is 6.07 Å². The van der Waals surface area contributed by atoms with Crippen molar-refractivity contribution in [1.82, 2.24) is 14.8 Å². The maximum atomic E-state index is 12.4. The van der Waals surface area contributed by atoms with Gasteiger partial charge in [0.1, 0.15) is 11.9 Å². The molecule has 0 bridgehead atoms. The number of nitrogens with two attached hydrogens (primary N) is 1. The van der Waals surface area contributed by atoms with Crippen LogP contribution < -0.4 is 5.73 Å². The van der Waals surface area contributed by atoms with Crippen molar-refractivity contribution >= 4 is 22.7 Å². The molecule has 113 valence electrons. The largest absolute Gasteiger partial charge is 0.364 e. The Hall–Kier alpha value is -3.02. The quantitative estimate of drug-likeness (QED) is 0.801. The maximum absolute atomic E-state index is 12.4. The number of benzene rings is 1. The molecule has 1 saturated carbocycles. The minimum Gasteiger partial charge on any atom is -0.364 e. The fraction of sp³-hybridized carbons (Fsp3) is 0.176. The number of primary amides is 1. The molecule has 0 unspecified atom stereocenters. The second-order valence-corrected chi connectivity index (χ2v) is 5.62. The molecule has 0 aliphatic heterocycles. The number of aromatic nitrogens is 3. The van der Waals surface area contributed by atoms with E-state index in [1.807, 2.05) is 30.3 Å². The highest BCUT2D eigenvalue weighted by atomic mass is 16.2. The van der Waals surface area contributed by atoms with Gasteiger partial charge >= 0.3 is 0 Å². The summed E-state index contributed by atoms with van der Waals surface area (Å²) in [4.78, 5) is 28.4. The molecule has 2 aromatic heterocycles. The average Bonchev–Trinajstić information content (AvgIpc) is 3.33. The summed E-state index contributed by atoms with van der Waals surface area (Å²) in [5.41, 5.74) is 7.45. The number of hydrogen-bond donors (Lipinski definition) is 1. The molecule has 1 aromatic carbocycles. The molecule has 6 heteroatoms. The van der Waals surface area contributed by atoms with Gasteiger partial charge in [0.25, 0.3) is 11.8 Å². The van der Waals surface area contributed by atoms with Crippen molar-refractivity contribution in [2.75, 3.05) is 0 Å². The molecule has 6 nitrogen and oxygen atoms in total. The van der Waals surface area contributed by atoms with Crippen LogP contribution in [0, 0.1) is 12.1 Å². The van der Waals surface area contributed by atoms with Crippen LogP contribution in [0.2, 0.25) is 0 Å². The second kappa shape index (κ2) is 5.01. The Morgan fingerprint density at radius 3 is 2.61 bits per heavy atom. The lowest BCUT2D eigenvalue weighted by molar-refractivity contribution is 0.0875. The molecule has 4 rings (SSSR count). The normalized spacial score (nSPS) is 14.1. The van der Waals surface area contributed by atoms with Crippen molar-refractivity contribution in [3.63, 3.8) is 0 Å². The third-order valence-corrected chi connectivity index (χ3v) is 3.93. The first-order chi connectivity index (χ1) is 11.1. The molecule has 0 atom stereocenters. The monoisotopic (exact) mass is 305 g/mol. The van der Waals surface area contributed by atoms with E-state index in [9.17, 15) is 9.59 Å². The molecule has 2 heterocycles. The number of amides is 1. The van der Waals surface area contributed by atoms with Crippen molar-refractivity contribution in [2.45, 2.75) is 12.8 Å². The van der Waals surface area contributed by atoms with Crippen LogP contribution in [0.5, 0.6) is 0 Å². The smallest absolute Gasteiger partial charge is 0.268 e. The van der Waals surface area contributed by atoms with Gasteiger partial charge in [-0.1, -0.05) is 30.3 Å². The summed E-state index contributed by atoms with van der Waals surface area (Å²) in [7, 11) is 0. The number of carbonyl (C=O) groups is 2. The molecule has 1 radical (unpaired) electrons. The van der Waals surface area contributed by atoms with Crippen LogP contribution in [-0.4, -0.2) is 26.6 Å². The van der Waals surface area contributed by atoms with Crippen molar-refractivity contribution in [3.05, 3.63) is 48.3 Å². The number of pyridine rings is 1. The van der Waals surface area contributed by atoms with Gasteiger partial charge in [-0.3, -0.25) is 9.59 Å². The molecule has 1 amide bonds. The topological polar surface area (TPSA) is 90.9 Å². The molecule has 1 fully saturated rings. The zero-order valence-corrected chi connectivity index (χ0v) is 12.2. The zero-order chi connectivity index (χ0) is 16.0. The summed E-state index contributed by atoms with van der Waals surface area (Å²) in [6.45, 7) is 0. The number of fused-ring (bicyclic) bond motifs is 1. The average molecular weight is 305 g/mol. The Kier molecular flexibility index (Phi) is 2.97. The first-order valence-electron chi connectivity index (χ1n) is 7.36. The predicted octanol–water partition coefficient (Wildman–Crippen LogP) is 2.05. The minimum absolute atomic E-state index is 0.0110. The first-order valence-corrected chi connectivity index (χ1v) is 7.36. The third kappa shape index (κ3) is 2.28. The lowest BCUT2D eigenvalue weighted by Gasteiger charge is -2.06. The van der Waals surface area contributed by atoms with Crippen LogP contribution in [0.15, 0.2) is 36.4 Å². The summed E-state index contributed by atoms with van der Waals surface area (Å²) in [6, 6.07) is 11.2. The minimum atomic E-state index is -0.664. The Morgan fingerprint density at radius 1 is 1.22 bits per heavy atom. The third-order valence-electron chi connectivity index (χ3n) is 3.93. The van der Waals surface area contributed by atoms with Gasteiger partial charge in [-0.25, -0.2) is 4.98 Å². The highest BCUT2D eigenvalue weighted by molar-refractivity contribution is 6.06. The first kappa shape index (κ1) is 13.6. The molecular weight excluding hydrogens is 292 g/mol. The van der Waals surface area contributed by atoms with E-state index in [0.29, 0.717) is 16.6 Å². The molecule has 23 heavy (non-hydrogen) atoms. The van der Waals surface area contributed by atoms with Gasteiger partial charge in [-0.2, -0.15) is 9.78 Å². The van der Waals surface area contributed by atoms with E-state index in [2.05, 4.69) is 16.3 Å². The standard InChI is InChI=1S/C17H13N4O2/c18-16(22)15-12-9-19-21(17(23)11-6-7-11)14(12)8-13(20-15)10-4-2-1-3-5-10/h1-5,8,11H,6-7H2,(H2,18,22). The van der Waals surface area contributed by atoms with Crippen LogP contribution in [0.25, 0.3) is 22.2 Å². The summed E-state index contributed by atoms with van der Waals surface area (Å²) in [6.07, 6.45) is 4.46. The fourth-order valence-electron chi connectivity index (χ4n) is 2.57. The van der Waals surface area contributed by atoms with E-state index in [1.165, 1.54) is 4.68 Å². The van der Waals surface area contributed by atoms with Gasteiger partial charge in [0.05, 0.1) is 16.6 Å². The number of carbonyl (C=O) groups excluding carboxylic acids is 2. The van der Waals surface area contributed by atoms with Gasteiger partial charge < -0.3 is 5.73 Å². The Labute approximate surface area is 131 Å². The van der Waals surface area contributed by atoms with Gasteiger partial charge in [0, 0.05) is 11.5 Å². The van der Waals surface area contributed by atoms with E-state index < -0.39 is 5.91 Å². The van der Waals surface area contributed by atoms with Gasteiger partial charge in [-0.05, 0) is 18.9 Å². The fourth-order valence-corrected chi connectivity index (χ4v) is 2.57. The van der Waals surface area contributed by atoms with E-state index in [-0.39, 0.29) is 17.5 Å². The summed E-state index contributed by atoms with van der Waals surface area (Å²) in [5, 5.41) is 4.41. The molecule has 2 N–H and O–H groups in total. The van der Waals surface area contributed by atoms with Crippen molar-refractivity contribution in [1.29, 1.82) is 0 Å². The van der Waals surface area contributed by atoms with Crippen LogP contribution in [0.4, 0.5) is 0 Å². The number of nitrogens with zero attached hydrogens (tertiary/aromatic N) is 3. The Balaban J connectivity index is 1.96. The molecule has 0 saturated heterocycles. The number of hydrogen-bond acceptors (Lipinski definition) is 4. The molecule has 1 aliphatic rings. The van der Waals surface area contributed by atoms with Crippen molar-refractivity contribution in [3.8, 4) is 11.3 Å². The molecule has 1 aliphatic carbocycles. The SMILES string of the molecule is NC(=O)c1nc(-c2ccccc2)cc2c1[c]nn2C(=O)C1CC1. The zero-order valence-electron chi connectivity index (χ0n) is 12.2. The van der Waals surface area contributed by atoms with Gasteiger partial charge in [0.15, 0.2) is 0 Å². The predicted molar refractivity (Wildman–Crippen MR) is 83.7 cm³/mol. The summed E-state index contributed by atoms with van der Waals surface area (Å²) < 4.78 is 1.31.